The van der Waals surface area contributed by atoms with Gasteiger partial charge >= 0.3 is 0 Å². The number of fused-ring (bicyclic) bond motifs is 1. The third-order valence-corrected chi connectivity index (χ3v) is 5.61. The van der Waals surface area contributed by atoms with Crippen molar-refractivity contribution in [3.05, 3.63) is 64.0 Å². The molecule has 1 heterocycles. The molecule has 134 valence electrons. The summed E-state index contributed by atoms with van der Waals surface area (Å²) in [6.45, 7) is 0. The van der Waals surface area contributed by atoms with E-state index in [1.165, 1.54) is 11.3 Å². The van der Waals surface area contributed by atoms with Gasteiger partial charge in [-0.25, -0.2) is 0 Å². The number of hydrogen-bond acceptors (Lipinski definition) is 5. The second kappa shape index (κ2) is 7.76. The fourth-order valence-corrected chi connectivity index (χ4v) is 4.06. The van der Waals surface area contributed by atoms with E-state index in [9.17, 15) is 14.7 Å². The summed E-state index contributed by atoms with van der Waals surface area (Å²) in [7, 11) is 1.54. The SMILES string of the molecule is COc1ccc([C@H](CC(=O)[O-])NC(=O)c2sc3ccccc3c2Cl)cc1. The standard InChI is InChI=1S/C19H16ClNO4S/c1-25-12-8-6-11(7-9-12)14(10-16(22)23)21-19(24)18-17(20)13-4-2-3-5-15(13)26-18/h2-9,14H,10H2,1H3,(H,21,24)(H,22,23)/p-1/t14-/m0/s1. The van der Waals surface area contributed by atoms with Crippen LogP contribution in [0.15, 0.2) is 48.5 Å². The van der Waals surface area contributed by atoms with Crippen LogP contribution in [-0.2, 0) is 4.79 Å². The molecule has 1 N–H and O–H groups in total. The first-order valence-corrected chi connectivity index (χ1v) is 9.00. The molecule has 0 radical (unpaired) electrons. The average molecular weight is 389 g/mol. The molecular formula is C19H15ClNO4S-. The molecule has 0 aliphatic rings. The molecule has 0 saturated carbocycles. The van der Waals surface area contributed by atoms with Gasteiger partial charge in [-0.15, -0.1) is 11.3 Å². The Balaban J connectivity index is 1.88. The fraction of sp³-hybridized carbons (Fsp3) is 0.158. The number of nitrogens with one attached hydrogen (secondary N) is 1. The Kier molecular flexibility index (Phi) is 5.44. The second-order valence-electron chi connectivity index (χ2n) is 5.62. The Labute approximate surface area is 159 Å². The zero-order valence-corrected chi connectivity index (χ0v) is 15.4. The lowest BCUT2D eigenvalue weighted by Crippen LogP contribution is -2.34. The molecule has 3 aromatic rings. The number of carbonyl (C=O) groups excluding carboxylic acids is 2. The summed E-state index contributed by atoms with van der Waals surface area (Å²) in [6, 6.07) is 13.5. The molecule has 2 aromatic carbocycles. The number of hydrogen-bond donors (Lipinski definition) is 1. The van der Waals surface area contributed by atoms with E-state index in [0.29, 0.717) is 21.2 Å². The predicted molar refractivity (Wildman–Crippen MR) is 99.7 cm³/mol. The first-order chi connectivity index (χ1) is 12.5. The number of aliphatic carboxylic acids is 1. The highest BCUT2D eigenvalue weighted by atomic mass is 35.5. The highest BCUT2D eigenvalue weighted by molar-refractivity contribution is 7.21. The molecule has 26 heavy (non-hydrogen) atoms. The van der Waals surface area contributed by atoms with Crippen molar-refractivity contribution >= 4 is 44.9 Å². The van der Waals surface area contributed by atoms with E-state index in [2.05, 4.69) is 5.32 Å². The molecule has 1 atom stereocenters. The number of thiophene rings is 1. The number of amides is 1. The summed E-state index contributed by atoms with van der Waals surface area (Å²) in [5.74, 6) is -1.04. The zero-order valence-electron chi connectivity index (χ0n) is 13.8. The summed E-state index contributed by atoms with van der Waals surface area (Å²) in [5.41, 5.74) is 0.639. The minimum atomic E-state index is -1.26. The van der Waals surface area contributed by atoms with Crippen LogP contribution in [0.3, 0.4) is 0 Å². The van der Waals surface area contributed by atoms with Crippen molar-refractivity contribution in [3.8, 4) is 5.75 Å². The number of carboxylic acids is 1. The quantitative estimate of drug-likeness (QED) is 0.703. The Morgan fingerprint density at radius 3 is 2.50 bits per heavy atom. The number of methoxy groups -OCH3 is 1. The molecule has 5 nitrogen and oxygen atoms in total. The van der Waals surface area contributed by atoms with Crippen molar-refractivity contribution in [2.24, 2.45) is 0 Å². The van der Waals surface area contributed by atoms with Gasteiger partial charge in [0.1, 0.15) is 10.6 Å². The second-order valence-corrected chi connectivity index (χ2v) is 7.05. The first-order valence-electron chi connectivity index (χ1n) is 7.81. The summed E-state index contributed by atoms with van der Waals surface area (Å²) in [5, 5.41) is 15.0. The Bertz CT molecular complexity index is 952. The molecule has 0 saturated heterocycles. The molecule has 3 rings (SSSR count). The van der Waals surface area contributed by atoms with Crippen molar-refractivity contribution in [1.29, 1.82) is 0 Å². The van der Waals surface area contributed by atoms with Crippen molar-refractivity contribution in [2.75, 3.05) is 7.11 Å². The van der Waals surface area contributed by atoms with Crippen molar-refractivity contribution in [3.63, 3.8) is 0 Å². The summed E-state index contributed by atoms with van der Waals surface area (Å²) < 4.78 is 5.99. The van der Waals surface area contributed by atoms with Crippen LogP contribution in [0.2, 0.25) is 5.02 Å². The molecule has 0 aliphatic heterocycles. The Morgan fingerprint density at radius 1 is 1.19 bits per heavy atom. The van der Waals surface area contributed by atoms with Gasteiger partial charge in [0, 0.05) is 22.5 Å². The predicted octanol–water partition coefficient (Wildman–Crippen LogP) is 3.17. The van der Waals surface area contributed by atoms with Crippen molar-refractivity contribution in [2.45, 2.75) is 12.5 Å². The molecule has 0 spiro atoms. The van der Waals surface area contributed by atoms with E-state index in [-0.39, 0.29) is 6.42 Å². The molecule has 1 amide bonds. The molecule has 0 unspecified atom stereocenters. The van der Waals surface area contributed by atoms with Crippen LogP contribution >= 0.6 is 22.9 Å². The maximum atomic E-state index is 12.7. The normalized spacial score (nSPS) is 11.9. The number of halogens is 1. The number of ether oxygens (including phenoxy) is 1. The van der Waals surface area contributed by atoms with Gasteiger partial charge in [-0.05, 0) is 23.8 Å². The smallest absolute Gasteiger partial charge is 0.263 e. The first kappa shape index (κ1) is 18.2. The van der Waals surface area contributed by atoms with Crippen LogP contribution in [0.5, 0.6) is 5.75 Å². The molecule has 0 bridgehead atoms. The van der Waals surface area contributed by atoms with Crippen LogP contribution in [-0.4, -0.2) is 19.0 Å². The van der Waals surface area contributed by atoms with Crippen LogP contribution in [0.25, 0.3) is 10.1 Å². The average Bonchev–Trinajstić information content (AvgIpc) is 2.98. The van der Waals surface area contributed by atoms with E-state index < -0.39 is 17.9 Å². The summed E-state index contributed by atoms with van der Waals surface area (Å²) in [4.78, 5) is 24.2. The van der Waals surface area contributed by atoms with E-state index in [1.54, 1.807) is 31.4 Å². The van der Waals surface area contributed by atoms with Crippen molar-refractivity contribution < 1.29 is 19.4 Å². The monoisotopic (exact) mass is 388 g/mol. The Hall–Kier alpha value is -2.57. The van der Waals surface area contributed by atoms with Gasteiger partial charge in [-0.2, -0.15) is 0 Å². The third-order valence-electron chi connectivity index (χ3n) is 3.94. The van der Waals surface area contributed by atoms with E-state index in [0.717, 1.165) is 10.1 Å². The van der Waals surface area contributed by atoms with Gasteiger partial charge in [-0.3, -0.25) is 4.79 Å². The van der Waals surface area contributed by atoms with Crippen LogP contribution in [0.1, 0.15) is 27.7 Å². The number of benzene rings is 2. The summed E-state index contributed by atoms with van der Waals surface area (Å²) >= 11 is 7.60. The van der Waals surface area contributed by atoms with Gasteiger partial charge in [0.05, 0.1) is 18.2 Å². The highest BCUT2D eigenvalue weighted by Gasteiger charge is 2.21. The maximum Gasteiger partial charge on any atom is 0.263 e. The van der Waals surface area contributed by atoms with Crippen molar-refractivity contribution in [1.82, 2.24) is 5.32 Å². The zero-order chi connectivity index (χ0) is 18.7. The minimum absolute atomic E-state index is 0.347. The molecule has 0 fully saturated rings. The third kappa shape index (κ3) is 3.81. The number of carboxylic acid groups (broad SMARTS) is 1. The highest BCUT2D eigenvalue weighted by Crippen LogP contribution is 2.35. The van der Waals surface area contributed by atoms with Gasteiger partial charge in [0.2, 0.25) is 0 Å². The van der Waals surface area contributed by atoms with E-state index in [1.807, 2.05) is 24.3 Å². The maximum absolute atomic E-state index is 12.7. The fourth-order valence-electron chi connectivity index (χ4n) is 2.64. The summed E-state index contributed by atoms with van der Waals surface area (Å²) in [6.07, 6.45) is -0.347. The van der Waals surface area contributed by atoms with Gasteiger partial charge in [0.15, 0.2) is 0 Å². The van der Waals surface area contributed by atoms with Crippen LogP contribution in [0.4, 0.5) is 0 Å². The molecule has 1 aromatic heterocycles. The molecular weight excluding hydrogens is 374 g/mol. The lowest BCUT2D eigenvalue weighted by Gasteiger charge is -2.20. The number of rotatable bonds is 6. The molecule has 7 heteroatoms. The largest absolute Gasteiger partial charge is 0.550 e. The van der Waals surface area contributed by atoms with Crippen LogP contribution < -0.4 is 15.2 Å². The lowest BCUT2D eigenvalue weighted by atomic mass is 10.0. The lowest BCUT2D eigenvalue weighted by molar-refractivity contribution is -0.306. The minimum Gasteiger partial charge on any atom is -0.550 e. The van der Waals surface area contributed by atoms with E-state index >= 15 is 0 Å². The van der Waals surface area contributed by atoms with Gasteiger partial charge in [0.25, 0.3) is 5.91 Å². The van der Waals surface area contributed by atoms with Crippen LogP contribution in [0, 0.1) is 0 Å². The van der Waals surface area contributed by atoms with E-state index in [4.69, 9.17) is 16.3 Å². The van der Waals surface area contributed by atoms with Gasteiger partial charge < -0.3 is 20.0 Å². The molecule has 0 aliphatic carbocycles. The van der Waals surface area contributed by atoms with Gasteiger partial charge in [-0.1, -0.05) is 41.9 Å². The topological polar surface area (TPSA) is 78.5 Å². The number of carbonyl (C=O) groups is 2. The Morgan fingerprint density at radius 2 is 1.88 bits per heavy atom.